The number of methoxy groups -OCH3 is 2. The van der Waals surface area contributed by atoms with E-state index in [1.165, 1.54) is 23.0 Å². The van der Waals surface area contributed by atoms with E-state index in [1.807, 2.05) is 49.4 Å². The fraction of sp³-hybridized carbons (Fsp3) is 0.265. The summed E-state index contributed by atoms with van der Waals surface area (Å²) in [5.74, 6) is 1.60. The summed E-state index contributed by atoms with van der Waals surface area (Å²) in [6.07, 6.45) is 1.78. The number of rotatable bonds is 11. The van der Waals surface area contributed by atoms with E-state index in [2.05, 4.69) is 4.99 Å². The quantitative estimate of drug-likeness (QED) is 0.200. The van der Waals surface area contributed by atoms with Gasteiger partial charge in [-0.2, -0.15) is 0 Å². The van der Waals surface area contributed by atoms with Gasteiger partial charge in [-0.05, 0) is 80.4 Å². The highest BCUT2D eigenvalue weighted by Crippen LogP contribution is 2.38. The van der Waals surface area contributed by atoms with Crippen LogP contribution < -0.4 is 33.8 Å². The zero-order valence-corrected chi connectivity index (χ0v) is 27.2. The standard InChI is InChI=1S/C34H33ClN2O7S/c1-6-42-28-16-22(10-14-27(28)44-19-21-8-11-23(35)12-9-21)17-29-32(38)37-31(25-18-24(40-4)13-15-26(25)41-5)30(33(39)43-7-2)20(3)36-34(37)45-29/h8-18,31H,6-7,19H2,1-5H3/b29-17-/t31-/m1/s1. The molecule has 1 aromatic heterocycles. The fourth-order valence-electron chi connectivity index (χ4n) is 5.03. The molecule has 2 heterocycles. The molecule has 0 saturated carbocycles. The van der Waals surface area contributed by atoms with Crippen molar-refractivity contribution in [1.29, 1.82) is 0 Å². The van der Waals surface area contributed by atoms with Gasteiger partial charge in [0, 0.05) is 10.6 Å². The molecule has 1 aliphatic heterocycles. The molecule has 5 rings (SSSR count). The fourth-order valence-corrected chi connectivity index (χ4v) is 6.21. The molecule has 4 aromatic rings. The Morgan fingerprint density at radius 3 is 2.40 bits per heavy atom. The number of ether oxygens (including phenoxy) is 5. The van der Waals surface area contributed by atoms with E-state index in [0.717, 1.165) is 11.1 Å². The van der Waals surface area contributed by atoms with Crippen LogP contribution in [0.15, 0.2) is 81.7 Å². The third-order valence-corrected chi connectivity index (χ3v) is 8.36. The van der Waals surface area contributed by atoms with Gasteiger partial charge in [-0.25, -0.2) is 9.79 Å². The molecule has 0 bridgehead atoms. The highest BCUT2D eigenvalue weighted by Gasteiger charge is 2.35. The number of hydrogen-bond donors (Lipinski definition) is 0. The number of thiazole rings is 1. The number of halogens is 1. The van der Waals surface area contributed by atoms with Crippen LogP contribution in [0, 0.1) is 0 Å². The number of fused-ring (bicyclic) bond motifs is 1. The minimum Gasteiger partial charge on any atom is -0.497 e. The summed E-state index contributed by atoms with van der Waals surface area (Å²) in [5, 5.41) is 0.657. The van der Waals surface area contributed by atoms with Crippen molar-refractivity contribution in [2.45, 2.75) is 33.4 Å². The molecule has 0 saturated heterocycles. The van der Waals surface area contributed by atoms with Crippen LogP contribution in [0.5, 0.6) is 23.0 Å². The Morgan fingerprint density at radius 2 is 1.71 bits per heavy atom. The van der Waals surface area contributed by atoms with Crippen LogP contribution in [0.3, 0.4) is 0 Å². The van der Waals surface area contributed by atoms with Crippen molar-refractivity contribution in [2.24, 2.45) is 4.99 Å². The molecule has 1 aliphatic rings. The van der Waals surface area contributed by atoms with Crippen LogP contribution in [0.25, 0.3) is 6.08 Å². The summed E-state index contributed by atoms with van der Waals surface area (Å²) >= 11 is 7.23. The summed E-state index contributed by atoms with van der Waals surface area (Å²) in [6, 6.07) is 17.3. The lowest BCUT2D eigenvalue weighted by Gasteiger charge is -2.26. The van der Waals surface area contributed by atoms with E-state index >= 15 is 0 Å². The zero-order chi connectivity index (χ0) is 32.1. The molecular formula is C34H33ClN2O7S. The Labute approximate surface area is 269 Å². The predicted molar refractivity (Wildman–Crippen MR) is 173 cm³/mol. The van der Waals surface area contributed by atoms with Crippen molar-refractivity contribution in [1.82, 2.24) is 4.57 Å². The van der Waals surface area contributed by atoms with Gasteiger partial charge in [-0.15, -0.1) is 0 Å². The number of hydrogen-bond acceptors (Lipinski definition) is 9. The molecule has 0 unspecified atom stereocenters. The van der Waals surface area contributed by atoms with Crippen molar-refractivity contribution in [3.8, 4) is 23.0 Å². The predicted octanol–water partition coefficient (Wildman–Crippen LogP) is 5.45. The average Bonchev–Trinajstić information content (AvgIpc) is 3.34. The number of carbonyl (C=O) groups excluding carboxylic acids is 1. The van der Waals surface area contributed by atoms with Crippen molar-refractivity contribution in [3.05, 3.63) is 113 Å². The SMILES string of the molecule is CCOC(=O)C1=C(C)N=c2s/c(=C\c3ccc(OCc4ccc(Cl)cc4)c(OCC)c3)c(=O)n2[C@@H]1c1cc(OC)ccc1OC. The molecule has 0 spiro atoms. The second-order valence-electron chi connectivity index (χ2n) is 9.96. The van der Waals surface area contributed by atoms with Gasteiger partial charge in [-0.3, -0.25) is 9.36 Å². The Morgan fingerprint density at radius 1 is 0.956 bits per heavy atom. The zero-order valence-electron chi connectivity index (χ0n) is 25.6. The average molecular weight is 649 g/mol. The van der Waals surface area contributed by atoms with Crippen LogP contribution in [-0.4, -0.2) is 38.0 Å². The molecule has 11 heteroatoms. The van der Waals surface area contributed by atoms with Crippen LogP contribution in [0.4, 0.5) is 0 Å². The molecule has 0 amide bonds. The maximum Gasteiger partial charge on any atom is 0.338 e. The van der Waals surface area contributed by atoms with Crippen molar-refractivity contribution >= 4 is 35.0 Å². The first-order chi connectivity index (χ1) is 21.8. The van der Waals surface area contributed by atoms with Crippen molar-refractivity contribution < 1.29 is 28.5 Å². The molecule has 45 heavy (non-hydrogen) atoms. The molecule has 0 N–H and O–H groups in total. The maximum atomic E-state index is 14.1. The van der Waals surface area contributed by atoms with Crippen molar-refractivity contribution in [2.75, 3.05) is 27.4 Å². The van der Waals surface area contributed by atoms with Crippen LogP contribution in [0.1, 0.15) is 43.5 Å². The topological polar surface area (TPSA) is 97.6 Å². The highest BCUT2D eigenvalue weighted by molar-refractivity contribution is 7.07. The summed E-state index contributed by atoms with van der Waals surface area (Å²) in [6.45, 7) is 6.30. The van der Waals surface area contributed by atoms with E-state index in [4.69, 9.17) is 35.3 Å². The Bertz CT molecular complexity index is 1930. The van der Waals surface area contributed by atoms with E-state index < -0.39 is 12.0 Å². The maximum absolute atomic E-state index is 14.1. The molecule has 0 fully saturated rings. The van der Waals surface area contributed by atoms with Crippen LogP contribution >= 0.6 is 22.9 Å². The highest BCUT2D eigenvalue weighted by atomic mass is 35.5. The third kappa shape index (κ3) is 6.77. The number of allylic oxidation sites excluding steroid dienone is 1. The Balaban J connectivity index is 1.59. The first-order valence-corrected chi connectivity index (χ1v) is 15.5. The molecule has 0 radical (unpaired) electrons. The minimum atomic E-state index is -0.852. The molecule has 9 nitrogen and oxygen atoms in total. The first-order valence-electron chi connectivity index (χ1n) is 14.3. The van der Waals surface area contributed by atoms with E-state index in [-0.39, 0.29) is 17.7 Å². The van der Waals surface area contributed by atoms with E-state index in [0.29, 0.717) is 61.8 Å². The number of esters is 1. The van der Waals surface area contributed by atoms with E-state index in [1.54, 1.807) is 45.2 Å². The molecule has 234 valence electrons. The third-order valence-electron chi connectivity index (χ3n) is 7.12. The second kappa shape index (κ2) is 14.0. The van der Waals surface area contributed by atoms with Gasteiger partial charge in [0.1, 0.15) is 24.1 Å². The van der Waals surface area contributed by atoms with Gasteiger partial charge in [0.25, 0.3) is 5.56 Å². The number of aromatic nitrogens is 1. The summed E-state index contributed by atoms with van der Waals surface area (Å²) < 4.78 is 30.4. The number of carbonyl (C=O) groups is 1. The Hall–Kier alpha value is -4.54. The van der Waals surface area contributed by atoms with Gasteiger partial charge in [0.2, 0.25) is 0 Å². The number of nitrogens with zero attached hydrogens (tertiary/aromatic N) is 2. The summed E-state index contributed by atoms with van der Waals surface area (Å²) in [7, 11) is 3.09. The minimum absolute atomic E-state index is 0.170. The van der Waals surface area contributed by atoms with Crippen LogP contribution in [-0.2, 0) is 16.1 Å². The summed E-state index contributed by atoms with van der Waals surface area (Å²) in [5.41, 5.74) is 2.66. The first kappa shape index (κ1) is 31.9. The normalized spacial score (nSPS) is 14.4. The van der Waals surface area contributed by atoms with Gasteiger partial charge in [0.15, 0.2) is 16.3 Å². The number of benzene rings is 3. The smallest absolute Gasteiger partial charge is 0.338 e. The van der Waals surface area contributed by atoms with Crippen LogP contribution in [0.2, 0.25) is 5.02 Å². The van der Waals surface area contributed by atoms with Gasteiger partial charge < -0.3 is 23.7 Å². The molecular weight excluding hydrogens is 616 g/mol. The van der Waals surface area contributed by atoms with E-state index in [9.17, 15) is 9.59 Å². The largest absolute Gasteiger partial charge is 0.497 e. The lowest BCUT2D eigenvalue weighted by molar-refractivity contribution is -0.139. The molecule has 0 aliphatic carbocycles. The molecule has 3 aromatic carbocycles. The summed E-state index contributed by atoms with van der Waals surface area (Å²) in [4.78, 5) is 32.5. The second-order valence-corrected chi connectivity index (χ2v) is 11.4. The lowest BCUT2D eigenvalue weighted by atomic mass is 9.94. The monoisotopic (exact) mass is 648 g/mol. The van der Waals surface area contributed by atoms with Gasteiger partial charge in [-0.1, -0.05) is 41.1 Å². The van der Waals surface area contributed by atoms with Crippen molar-refractivity contribution in [3.63, 3.8) is 0 Å². The van der Waals surface area contributed by atoms with Gasteiger partial charge >= 0.3 is 5.97 Å². The molecule has 1 atom stereocenters. The lowest BCUT2D eigenvalue weighted by Crippen LogP contribution is -2.40. The Kier molecular flexibility index (Phi) is 9.95. The van der Waals surface area contributed by atoms with Gasteiger partial charge in [0.05, 0.1) is 43.2 Å².